The van der Waals surface area contributed by atoms with Gasteiger partial charge in [0.2, 0.25) is 5.91 Å². The average Bonchev–Trinajstić information content (AvgIpc) is 3.22. The van der Waals surface area contributed by atoms with E-state index in [0.717, 1.165) is 10.9 Å². The largest absolute Gasteiger partial charge is 0.351 e. The summed E-state index contributed by atoms with van der Waals surface area (Å²) in [6, 6.07) is 17.8. The zero-order valence-corrected chi connectivity index (χ0v) is 18.6. The number of Topliss-reactive ketones (excluding diaryl/α,β-unsaturated/α-hetero) is 1. The number of rotatable bonds is 8. The number of nitrogens with one attached hydrogen (secondary N) is 1. The molecule has 1 atom stereocenters. The van der Waals surface area contributed by atoms with Crippen LogP contribution in [-0.4, -0.2) is 26.5 Å². The summed E-state index contributed by atoms with van der Waals surface area (Å²) in [6.07, 6.45) is 2.31. The molecular formula is C26H25FN4O2. The van der Waals surface area contributed by atoms with Crippen molar-refractivity contribution in [2.45, 2.75) is 39.2 Å². The van der Waals surface area contributed by atoms with Gasteiger partial charge in [-0.15, -0.1) is 0 Å². The Morgan fingerprint density at radius 1 is 1.09 bits per heavy atom. The van der Waals surface area contributed by atoms with Gasteiger partial charge in [0.05, 0.1) is 29.6 Å². The molecule has 0 unspecified atom stereocenters. The van der Waals surface area contributed by atoms with E-state index in [1.54, 1.807) is 23.0 Å². The number of ketones is 1. The van der Waals surface area contributed by atoms with E-state index in [1.807, 2.05) is 43.3 Å². The van der Waals surface area contributed by atoms with Crippen molar-refractivity contribution < 1.29 is 14.0 Å². The number of fused-ring (bicyclic) bond motifs is 1. The molecule has 2 aromatic heterocycles. The molecule has 2 heterocycles. The molecule has 0 bridgehead atoms. The maximum atomic E-state index is 13.4. The summed E-state index contributed by atoms with van der Waals surface area (Å²) in [5.74, 6) is -0.314. The predicted molar refractivity (Wildman–Crippen MR) is 125 cm³/mol. The Morgan fingerprint density at radius 2 is 1.82 bits per heavy atom. The highest BCUT2D eigenvalue weighted by molar-refractivity contribution is 5.86. The predicted octanol–water partition coefficient (Wildman–Crippen LogP) is 4.50. The van der Waals surface area contributed by atoms with Crippen LogP contribution in [0.15, 0.2) is 66.9 Å². The quantitative estimate of drug-likeness (QED) is 0.434. The highest BCUT2D eigenvalue weighted by atomic mass is 19.1. The summed E-state index contributed by atoms with van der Waals surface area (Å²) in [6.45, 7) is 3.67. The molecule has 0 radical (unpaired) electrons. The van der Waals surface area contributed by atoms with Crippen molar-refractivity contribution in [3.05, 3.63) is 89.6 Å². The standard InChI is InChI=1S/C26H25FN4O2/c1-17(19-6-4-3-5-7-19)12-24(33)14-22-13-20-15-29-31(23-10-8-21(27)9-11-23)26(20)25(30-22)16-28-18(2)32/h3-11,13,15,17H,12,14,16H2,1-2H3,(H,28,32)/t17-/m0/s1. The zero-order valence-electron chi connectivity index (χ0n) is 18.6. The second-order valence-electron chi connectivity index (χ2n) is 8.17. The van der Waals surface area contributed by atoms with Crippen LogP contribution in [0.5, 0.6) is 0 Å². The topological polar surface area (TPSA) is 76.9 Å². The minimum absolute atomic E-state index is 0.0922. The number of nitrogens with zero attached hydrogens (tertiary/aromatic N) is 3. The van der Waals surface area contributed by atoms with Gasteiger partial charge in [0.1, 0.15) is 11.6 Å². The number of carbonyl (C=O) groups is 2. The van der Waals surface area contributed by atoms with E-state index >= 15 is 0 Å². The Morgan fingerprint density at radius 3 is 2.52 bits per heavy atom. The van der Waals surface area contributed by atoms with Gasteiger partial charge in [-0.1, -0.05) is 37.3 Å². The first-order valence-corrected chi connectivity index (χ1v) is 10.8. The number of aromatic nitrogens is 3. The maximum Gasteiger partial charge on any atom is 0.217 e. The molecule has 0 saturated carbocycles. The smallest absolute Gasteiger partial charge is 0.217 e. The Labute approximate surface area is 191 Å². The zero-order chi connectivity index (χ0) is 23.4. The lowest BCUT2D eigenvalue weighted by Crippen LogP contribution is -2.21. The highest BCUT2D eigenvalue weighted by Crippen LogP contribution is 2.24. The first-order valence-electron chi connectivity index (χ1n) is 10.8. The fourth-order valence-electron chi connectivity index (χ4n) is 3.91. The van der Waals surface area contributed by atoms with E-state index < -0.39 is 0 Å². The molecular weight excluding hydrogens is 419 g/mol. The van der Waals surface area contributed by atoms with Gasteiger partial charge in [-0.25, -0.2) is 9.07 Å². The molecule has 33 heavy (non-hydrogen) atoms. The molecule has 0 aliphatic heterocycles. The average molecular weight is 445 g/mol. The number of hydrogen-bond acceptors (Lipinski definition) is 4. The molecule has 4 rings (SSSR count). The summed E-state index contributed by atoms with van der Waals surface area (Å²) in [5.41, 5.74) is 3.75. The van der Waals surface area contributed by atoms with Crippen molar-refractivity contribution in [2.24, 2.45) is 0 Å². The van der Waals surface area contributed by atoms with Gasteiger partial charge in [0.25, 0.3) is 0 Å². The van der Waals surface area contributed by atoms with Crippen molar-refractivity contribution in [3.63, 3.8) is 0 Å². The van der Waals surface area contributed by atoms with Crippen LogP contribution < -0.4 is 5.32 Å². The maximum absolute atomic E-state index is 13.4. The van der Waals surface area contributed by atoms with Gasteiger partial charge in [-0.05, 0) is 41.8 Å². The lowest BCUT2D eigenvalue weighted by Gasteiger charge is -2.12. The molecule has 0 spiro atoms. The molecule has 1 N–H and O–H groups in total. The normalized spacial score (nSPS) is 12.0. The fraction of sp³-hybridized carbons (Fsp3) is 0.231. The third-order valence-corrected chi connectivity index (χ3v) is 5.53. The van der Waals surface area contributed by atoms with Gasteiger partial charge in [-0.3, -0.25) is 14.6 Å². The number of carbonyl (C=O) groups excluding carboxylic acids is 2. The summed E-state index contributed by atoms with van der Waals surface area (Å²) in [7, 11) is 0. The van der Waals surface area contributed by atoms with E-state index in [1.165, 1.54) is 19.1 Å². The van der Waals surface area contributed by atoms with Gasteiger partial charge < -0.3 is 5.32 Å². The van der Waals surface area contributed by atoms with Crippen LogP contribution in [0.1, 0.15) is 43.1 Å². The van der Waals surface area contributed by atoms with Gasteiger partial charge >= 0.3 is 0 Å². The molecule has 0 fully saturated rings. The second-order valence-corrected chi connectivity index (χ2v) is 8.17. The molecule has 4 aromatic rings. The first-order chi connectivity index (χ1) is 15.9. The summed E-state index contributed by atoms with van der Waals surface area (Å²) < 4.78 is 15.1. The van der Waals surface area contributed by atoms with E-state index in [9.17, 15) is 14.0 Å². The van der Waals surface area contributed by atoms with Crippen LogP contribution in [-0.2, 0) is 22.6 Å². The van der Waals surface area contributed by atoms with Crippen LogP contribution >= 0.6 is 0 Å². The minimum Gasteiger partial charge on any atom is -0.351 e. The number of hydrogen-bond donors (Lipinski definition) is 1. The van der Waals surface area contributed by atoms with Crippen LogP contribution in [0.3, 0.4) is 0 Å². The van der Waals surface area contributed by atoms with Crippen LogP contribution in [0, 0.1) is 5.82 Å². The molecule has 0 aliphatic rings. The number of benzene rings is 2. The summed E-state index contributed by atoms with van der Waals surface area (Å²) >= 11 is 0. The number of amides is 1. The van der Waals surface area contributed by atoms with Crippen molar-refractivity contribution in [1.82, 2.24) is 20.1 Å². The Hall–Kier alpha value is -3.87. The molecule has 0 saturated heterocycles. The van der Waals surface area contributed by atoms with E-state index in [4.69, 9.17) is 4.98 Å². The Balaban J connectivity index is 1.63. The van der Waals surface area contributed by atoms with E-state index in [0.29, 0.717) is 29.0 Å². The number of halogens is 1. The molecule has 1 amide bonds. The van der Waals surface area contributed by atoms with Gasteiger partial charge in [0, 0.05) is 30.8 Å². The lowest BCUT2D eigenvalue weighted by molar-refractivity contribution is -0.119. The van der Waals surface area contributed by atoms with Crippen molar-refractivity contribution >= 4 is 22.6 Å². The van der Waals surface area contributed by atoms with Crippen molar-refractivity contribution in [1.29, 1.82) is 0 Å². The second kappa shape index (κ2) is 9.73. The van der Waals surface area contributed by atoms with Crippen LogP contribution in [0.2, 0.25) is 0 Å². The molecule has 0 aliphatic carbocycles. The Bertz CT molecular complexity index is 1280. The van der Waals surface area contributed by atoms with E-state index in [-0.39, 0.29) is 36.4 Å². The summed E-state index contributed by atoms with van der Waals surface area (Å²) in [5, 5.41) is 8.03. The van der Waals surface area contributed by atoms with Gasteiger partial charge in [0.15, 0.2) is 0 Å². The molecule has 2 aromatic carbocycles. The fourth-order valence-corrected chi connectivity index (χ4v) is 3.91. The SMILES string of the molecule is CC(=O)NCc1nc(CC(=O)C[C@H](C)c2ccccc2)cc2cnn(-c3ccc(F)cc3)c12. The monoisotopic (exact) mass is 444 g/mol. The molecule has 7 heteroatoms. The molecule has 6 nitrogen and oxygen atoms in total. The highest BCUT2D eigenvalue weighted by Gasteiger charge is 2.17. The summed E-state index contributed by atoms with van der Waals surface area (Å²) in [4.78, 5) is 29.0. The third-order valence-electron chi connectivity index (χ3n) is 5.53. The van der Waals surface area contributed by atoms with Gasteiger partial charge in [-0.2, -0.15) is 5.10 Å². The number of pyridine rings is 1. The Kier molecular flexibility index (Phi) is 6.58. The van der Waals surface area contributed by atoms with Crippen molar-refractivity contribution in [3.8, 4) is 5.69 Å². The van der Waals surface area contributed by atoms with Crippen molar-refractivity contribution in [2.75, 3.05) is 0 Å². The molecule has 168 valence electrons. The van der Waals surface area contributed by atoms with E-state index in [2.05, 4.69) is 10.4 Å². The van der Waals surface area contributed by atoms with Crippen LogP contribution in [0.25, 0.3) is 16.6 Å². The minimum atomic E-state index is -0.336. The third kappa shape index (κ3) is 5.31. The first kappa shape index (κ1) is 22.3. The van der Waals surface area contributed by atoms with Crippen LogP contribution in [0.4, 0.5) is 4.39 Å². The lowest BCUT2D eigenvalue weighted by atomic mass is 9.94.